The van der Waals surface area contributed by atoms with Crippen LogP contribution in [-0.2, 0) is 17.8 Å². The Hall–Kier alpha value is -2.08. The number of hydrogen-bond donors (Lipinski definition) is 1. The molecule has 0 radical (unpaired) electrons. The van der Waals surface area contributed by atoms with Crippen molar-refractivity contribution in [3.63, 3.8) is 0 Å². The number of rotatable bonds is 7. The molecule has 0 spiro atoms. The predicted octanol–water partition coefficient (Wildman–Crippen LogP) is 5.49. The third kappa shape index (κ3) is 5.46. The second kappa shape index (κ2) is 9.03. The van der Waals surface area contributed by atoms with Crippen LogP contribution >= 0.6 is 34.5 Å². The van der Waals surface area contributed by atoms with Crippen LogP contribution in [0.1, 0.15) is 17.5 Å². The molecule has 0 fully saturated rings. The molecule has 134 valence electrons. The molecule has 3 rings (SSSR count). The summed E-state index contributed by atoms with van der Waals surface area (Å²) in [5.41, 5.74) is 1.98. The second-order valence-corrected chi connectivity index (χ2v) is 7.24. The summed E-state index contributed by atoms with van der Waals surface area (Å²) in [4.78, 5) is 16.1. The van der Waals surface area contributed by atoms with Gasteiger partial charge in [-0.15, -0.1) is 0 Å². The molecule has 0 saturated carbocycles. The van der Waals surface area contributed by atoms with E-state index >= 15 is 0 Å². The quantitative estimate of drug-likeness (QED) is 0.563. The Bertz CT molecular complexity index is 868. The molecule has 3 aromatic rings. The Morgan fingerprint density at radius 3 is 2.54 bits per heavy atom. The van der Waals surface area contributed by atoms with Crippen molar-refractivity contribution in [1.82, 2.24) is 10.3 Å². The van der Waals surface area contributed by atoms with Crippen LogP contribution in [0.4, 0.5) is 0 Å². The van der Waals surface area contributed by atoms with Gasteiger partial charge in [-0.1, -0.05) is 52.7 Å². The van der Waals surface area contributed by atoms with Crippen LogP contribution in [0.2, 0.25) is 10.0 Å². The Kier molecular flexibility index (Phi) is 6.50. The molecule has 1 aromatic heterocycles. The van der Waals surface area contributed by atoms with E-state index in [0.717, 1.165) is 16.9 Å². The molecule has 26 heavy (non-hydrogen) atoms. The van der Waals surface area contributed by atoms with Gasteiger partial charge in [-0.2, -0.15) is 0 Å². The standard InChI is InChI=1S/C19H16Cl2N2O2S/c20-16-7-3-13(11-17(16)21)4-8-18(24)23-12-14-1-5-15(6-2-14)25-19-22-9-10-26-19/h1-3,5-7,9-11H,4,8,12H2,(H,23,24). The van der Waals surface area contributed by atoms with Gasteiger partial charge in [0, 0.05) is 24.5 Å². The highest BCUT2D eigenvalue weighted by atomic mass is 35.5. The number of aromatic nitrogens is 1. The zero-order chi connectivity index (χ0) is 18.4. The maximum Gasteiger partial charge on any atom is 0.278 e. The van der Waals surface area contributed by atoms with E-state index in [1.165, 1.54) is 11.3 Å². The van der Waals surface area contributed by atoms with Crippen LogP contribution in [0.15, 0.2) is 54.0 Å². The molecular formula is C19H16Cl2N2O2S. The lowest BCUT2D eigenvalue weighted by Gasteiger charge is -2.07. The molecule has 0 saturated heterocycles. The van der Waals surface area contributed by atoms with Crippen molar-refractivity contribution in [2.45, 2.75) is 19.4 Å². The van der Waals surface area contributed by atoms with E-state index in [1.54, 1.807) is 18.3 Å². The van der Waals surface area contributed by atoms with Crippen LogP contribution in [0, 0.1) is 0 Å². The van der Waals surface area contributed by atoms with Gasteiger partial charge in [-0.25, -0.2) is 4.98 Å². The summed E-state index contributed by atoms with van der Waals surface area (Å²) in [6.45, 7) is 0.470. The summed E-state index contributed by atoms with van der Waals surface area (Å²) in [6.07, 6.45) is 2.70. The van der Waals surface area contributed by atoms with Crippen molar-refractivity contribution < 1.29 is 9.53 Å². The number of thiazole rings is 1. The third-order valence-electron chi connectivity index (χ3n) is 3.65. The molecule has 7 heteroatoms. The Balaban J connectivity index is 1.44. The highest BCUT2D eigenvalue weighted by Gasteiger charge is 2.05. The fourth-order valence-corrected chi connectivity index (χ4v) is 3.10. The van der Waals surface area contributed by atoms with Crippen molar-refractivity contribution >= 4 is 40.4 Å². The molecule has 0 atom stereocenters. The first-order valence-corrected chi connectivity index (χ1v) is 9.60. The average Bonchev–Trinajstić information content (AvgIpc) is 3.15. The van der Waals surface area contributed by atoms with Crippen molar-refractivity contribution in [3.8, 4) is 10.9 Å². The van der Waals surface area contributed by atoms with Crippen LogP contribution in [0.5, 0.6) is 10.9 Å². The van der Waals surface area contributed by atoms with Gasteiger partial charge in [0.2, 0.25) is 5.91 Å². The fourth-order valence-electron chi connectivity index (χ4n) is 2.28. The fraction of sp³-hybridized carbons (Fsp3) is 0.158. The lowest BCUT2D eigenvalue weighted by Crippen LogP contribution is -2.22. The number of amides is 1. The first kappa shape index (κ1) is 18.7. The van der Waals surface area contributed by atoms with Gasteiger partial charge in [-0.3, -0.25) is 4.79 Å². The average molecular weight is 407 g/mol. The molecule has 0 aliphatic carbocycles. The maximum absolute atomic E-state index is 12.0. The Morgan fingerprint density at radius 2 is 1.85 bits per heavy atom. The Morgan fingerprint density at radius 1 is 1.08 bits per heavy atom. The number of benzene rings is 2. The molecular weight excluding hydrogens is 391 g/mol. The normalized spacial score (nSPS) is 10.5. The van der Waals surface area contributed by atoms with Gasteiger partial charge in [0.15, 0.2) is 0 Å². The zero-order valence-corrected chi connectivity index (χ0v) is 16.1. The largest absolute Gasteiger partial charge is 0.431 e. The van der Waals surface area contributed by atoms with E-state index in [2.05, 4.69) is 10.3 Å². The zero-order valence-electron chi connectivity index (χ0n) is 13.7. The van der Waals surface area contributed by atoms with Gasteiger partial charge in [-0.05, 0) is 41.8 Å². The molecule has 2 aromatic carbocycles. The van der Waals surface area contributed by atoms with Crippen LogP contribution < -0.4 is 10.1 Å². The molecule has 1 amide bonds. The van der Waals surface area contributed by atoms with Gasteiger partial charge >= 0.3 is 0 Å². The molecule has 0 aliphatic rings. The summed E-state index contributed by atoms with van der Waals surface area (Å²) < 4.78 is 5.60. The third-order valence-corrected chi connectivity index (χ3v) is 5.04. The minimum Gasteiger partial charge on any atom is -0.431 e. The second-order valence-electron chi connectivity index (χ2n) is 5.57. The van der Waals surface area contributed by atoms with Crippen LogP contribution in [-0.4, -0.2) is 10.9 Å². The molecule has 0 unspecified atom stereocenters. The smallest absolute Gasteiger partial charge is 0.278 e. The van der Waals surface area contributed by atoms with Crippen LogP contribution in [0.3, 0.4) is 0 Å². The maximum atomic E-state index is 12.0. The van der Waals surface area contributed by atoms with Gasteiger partial charge in [0.25, 0.3) is 5.19 Å². The number of ether oxygens (including phenoxy) is 1. The highest BCUT2D eigenvalue weighted by molar-refractivity contribution is 7.11. The van der Waals surface area contributed by atoms with E-state index in [4.69, 9.17) is 27.9 Å². The van der Waals surface area contributed by atoms with E-state index in [-0.39, 0.29) is 5.91 Å². The van der Waals surface area contributed by atoms with Crippen molar-refractivity contribution in [2.24, 2.45) is 0 Å². The molecule has 1 N–H and O–H groups in total. The summed E-state index contributed by atoms with van der Waals surface area (Å²) in [5, 5.41) is 6.39. The number of carbonyl (C=O) groups excluding carboxylic acids is 1. The van der Waals surface area contributed by atoms with Crippen molar-refractivity contribution in [1.29, 1.82) is 0 Å². The number of halogens is 2. The van der Waals surface area contributed by atoms with Crippen molar-refractivity contribution in [3.05, 3.63) is 75.2 Å². The number of carbonyl (C=O) groups is 1. The summed E-state index contributed by atoms with van der Waals surface area (Å²) in [7, 11) is 0. The summed E-state index contributed by atoms with van der Waals surface area (Å²) in [6, 6.07) is 13.0. The molecule has 4 nitrogen and oxygen atoms in total. The monoisotopic (exact) mass is 406 g/mol. The summed E-state index contributed by atoms with van der Waals surface area (Å²) in [5.74, 6) is 0.703. The molecule has 0 bridgehead atoms. The van der Waals surface area contributed by atoms with Gasteiger partial charge in [0.05, 0.1) is 10.0 Å². The lowest BCUT2D eigenvalue weighted by atomic mass is 10.1. The van der Waals surface area contributed by atoms with Crippen LogP contribution in [0.25, 0.3) is 0 Å². The van der Waals surface area contributed by atoms with E-state index in [1.807, 2.05) is 35.7 Å². The topological polar surface area (TPSA) is 51.2 Å². The van der Waals surface area contributed by atoms with Crippen molar-refractivity contribution in [2.75, 3.05) is 0 Å². The summed E-state index contributed by atoms with van der Waals surface area (Å²) >= 11 is 13.3. The minimum absolute atomic E-state index is 0.0146. The Labute approximate surface area is 165 Å². The number of aryl methyl sites for hydroxylation is 1. The number of hydrogen-bond acceptors (Lipinski definition) is 4. The lowest BCUT2D eigenvalue weighted by molar-refractivity contribution is -0.121. The molecule has 1 heterocycles. The first-order valence-electron chi connectivity index (χ1n) is 7.97. The minimum atomic E-state index is -0.0146. The SMILES string of the molecule is O=C(CCc1ccc(Cl)c(Cl)c1)NCc1ccc(Oc2nccs2)cc1. The van der Waals surface area contributed by atoms with E-state index in [0.29, 0.717) is 34.6 Å². The van der Waals surface area contributed by atoms with E-state index < -0.39 is 0 Å². The van der Waals surface area contributed by atoms with E-state index in [9.17, 15) is 4.79 Å². The molecule has 0 aliphatic heterocycles. The predicted molar refractivity (Wildman–Crippen MR) is 105 cm³/mol. The number of nitrogens with one attached hydrogen (secondary N) is 1. The first-order chi connectivity index (χ1) is 12.6. The van der Waals surface area contributed by atoms with Gasteiger partial charge in [0.1, 0.15) is 5.75 Å². The van der Waals surface area contributed by atoms with Gasteiger partial charge < -0.3 is 10.1 Å². The number of nitrogens with zero attached hydrogens (tertiary/aromatic N) is 1. The highest BCUT2D eigenvalue weighted by Crippen LogP contribution is 2.24.